The number of fused-ring (bicyclic) bond motifs is 1. The van der Waals surface area contributed by atoms with E-state index >= 15 is 0 Å². The van der Waals surface area contributed by atoms with E-state index in [0.29, 0.717) is 5.66 Å². The van der Waals surface area contributed by atoms with Gasteiger partial charge in [0.1, 0.15) is 5.75 Å². The van der Waals surface area contributed by atoms with E-state index in [1.54, 1.807) is 23.1 Å². The zero-order valence-electron chi connectivity index (χ0n) is 14.9. The molecule has 0 spiro atoms. The van der Waals surface area contributed by atoms with E-state index < -0.39 is 0 Å². The van der Waals surface area contributed by atoms with Crippen LogP contribution in [0.2, 0.25) is 0 Å². The average molecular weight is 318 g/mol. The number of ether oxygens (including phenoxy) is 1. The highest BCUT2D eigenvalue weighted by molar-refractivity contribution is 7.56. The fraction of sp³-hybridized carbons (Fsp3) is 0.600. The summed E-state index contributed by atoms with van der Waals surface area (Å²) in [6.45, 7) is 9.38. The van der Waals surface area contributed by atoms with E-state index in [1.165, 1.54) is 43.9 Å². The lowest BCUT2D eigenvalue weighted by Gasteiger charge is -2.12. The summed E-state index contributed by atoms with van der Waals surface area (Å²) in [5.41, 5.74) is 2.39. The van der Waals surface area contributed by atoms with Gasteiger partial charge in [-0.25, -0.2) is 0 Å². The molecule has 1 aromatic heterocycles. The zero-order valence-corrected chi connectivity index (χ0v) is 15.8. The molecule has 0 radical (unpaired) electrons. The summed E-state index contributed by atoms with van der Waals surface area (Å²) in [6.07, 6.45) is 7.72. The third-order valence-corrected chi connectivity index (χ3v) is 7.49. The zero-order chi connectivity index (χ0) is 16.1. The van der Waals surface area contributed by atoms with E-state index in [-0.39, 0.29) is 7.53 Å². The molecule has 1 nitrogen and oxygen atoms in total. The third-order valence-electron chi connectivity index (χ3n) is 4.49. The molecule has 2 aromatic rings. The van der Waals surface area contributed by atoms with Crippen molar-refractivity contribution in [3.63, 3.8) is 0 Å². The topological polar surface area (TPSA) is 9.23 Å². The van der Waals surface area contributed by atoms with E-state index in [9.17, 15) is 0 Å². The van der Waals surface area contributed by atoms with Crippen LogP contribution >= 0.6 is 7.53 Å². The molecule has 22 heavy (non-hydrogen) atoms. The van der Waals surface area contributed by atoms with Gasteiger partial charge in [-0.15, -0.1) is 7.53 Å². The van der Waals surface area contributed by atoms with Crippen LogP contribution in [-0.4, -0.2) is 7.11 Å². The van der Waals surface area contributed by atoms with Crippen molar-refractivity contribution in [3.8, 4) is 5.75 Å². The van der Waals surface area contributed by atoms with E-state index in [0.717, 1.165) is 5.75 Å². The van der Waals surface area contributed by atoms with Gasteiger partial charge >= 0.3 is 0 Å². The number of rotatable bonds is 8. The highest BCUT2D eigenvalue weighted by Gasteiger charge is 2.19. The molecule has 122 valence electrons. The molecule has 0 saturated heterocycles. The van der Waals surface area contributed by atoms with Crippen LogP contribution in [0.25, 0.3) is 10.5 Å². The Bertz CT molecular complexity index is 610. The smallest absolute Gasteiger partial charge is 0.119 e. The maximum atomic E-state index is 5.49. The Morgan fingerprint density at radius 3 is 2.32 bits per heavy atom. The second kappa shape index (κ2) is 8.06. The van der Waals surface area contributed by atoms with E-state index in [2.05, 4.69) is 45.9 Å². The summed E-state index contributed by atoms with van der Waals surface area (Å²) < 4.78 is 5.49. The lowest BCUT2D eigenvalue weighted by molar-refractivity contribution is 0.415. The van der Waals surface area contributed by atoms with Gasteiger partial charge in [0.2, 0.25) is 0 Å². The van der Waals surface area contributed by atoms with Crippen molar-refractivity contribution in [2.24, 2.45) is 0 Å². The van der Waals surface area contributed by atoms with Gasteiger partial charge in [-0.2, -0.15) is 0 Å². The van der Waals surface area contributed by atoms with Gasteiger partial charge in [0.05, 0.1) is 7.11 Å². The third kappa shape index (κ3) is 3.51. The number of hydrogen-bond acceptors (Lipinski definition) is 1. The summed E-state index contributed by atoms with van der Waals surface area (Å²) in [6, 6.07) is 6.77. The van der Waals surface area contributed by atoms with Crippen LogP contribution in [0.5, 0.6) is 5.75 Å². The minimum atomic E-state index is -0.173. The number of unbranched alkanes of at least 4 members (excludes halogenated alkanes) is 2. The highest BCUT2D eigenvalue weighted by Crippen LogP contribution is 2.55. The van der Waals surface area contributed by atoms with E-state index in [1.807, 2.05) is 0 Å². The number of benzene rings is 1. The van der Waals surface area contributed by atoms with Crippen molar-refractivity contribution < 1.29 is 4.74 Å². The Balaban J connectivity index is 2.64. The Morgan fingerprint density at radius 1 is 1.05 bits per heavy atom. The average Bonchev–Trinajstić information content (AvgIpc) is 2.83. The minimum Gasteiger partial charge on any atom is -0.497 e. The van der Waals surface area contributed by atoms with Gasteiger partial charge in [-0.1, -0.05) is 46.6 Å². The standard InChI is InChI=1S/C20H31OP/c1-6-8-10-17-18-13-12-16(21-5)14-20(18)22(15(3)4)19(17)11-9-7-2/h12-15H,6-11H2,1-5H3. The van der Waals surface area contributed by atoms with Crippen molar-refractivity contribution in [2.45, 2.75) is 71.9 Å². The van der Waals surface area contributed by atoms with E-state index in [4.69, 9.17) is 4.74 Å². The van der Waals surface area contributed by atoms with Crippen LogP contribution < -0.4 is 4.74 Å². The predicted octanol–water partition coefficient (Wildman–Crippen LogP) is 7.10. The molecule has 1 atom stereocenters. The van der Waals surface area contributed by atoms with Gasteiger partial charge in [0, 0.05) is 5.12 Å². The quantitative estimate of drug-likeness (QED) is 0.504. The number of hydrogen-bond donors (Lipinski definition) is 0. The molecule has 2 heteroatoms. The van der Waals surface area contributed by atoms with Gasteiger partial charge in [0.15, 0.2) is 0 Å². The monoisotopic (exact) mass is 318 g/mol. The van der Waals surface area contributed by atoms with Gasteiger partial charge in [-0.05, 0) is 59.7 Å². The molecule has 0 N–H and O–H groups in total. The molecule has 0 amide bonds. The summed E-state index contributed by atoms with van der Waals surface area (Å²) in [7, 11) is 1.60. The molecule has 0 aliphatic rings. The molecular weight excluding hydrogens is 287 g/mol. The predicted molar refractivity (Wildman–Crippen MR) is 101 cm³/mol. The largest absolute Gasteiger partial charge is 0.497 e. The normalized spacial score (nSPS) is 12.4. The molecule has 2 rings (SSSR count). The maximum Gasteiger partial charge on any atom is 0.119 e. The Morgan fingerprint density at radius 2 is 1.73 bits per heavy atom. The maximum absolute atomic E-state index is 5.49. The molecule has 1 aromatic carbocycles. The van der Waals surface area contributed by atoms with Crippen LogP contribution in [0.3, 0.4) is 0 Å². The van der Waals surface area contributed by atoms with Crippen LogP contribution in [0.1, 0.15) is 69.9 Å². The first kappa shape index (κ1) is 17.4. The molecule has 1 heterocycles. The van der Waals surface area contributed by atoms with Crippen molar-refractivity contribution in [3.05, 3.63) is 29.1 Å². The first-order chi connectivity index (χ1) is 10.6. The van der Waals surface area contributed by atoms with Crippen molar-refractivity contribution in [2.75, 3.05) is 7.11 Å². The molecule has 1 unspecified atom stereocenters. The first-order valence-corrected chi connectivity index (χ1v) is 10.2. The Kier molecular flexibility index (Phi) is 6.38. The summed E-state index contributed by atoms with van der Waals surface area (Å²) >= 11 is 0. The van der Waals surface area contributed by atoms with Gasteiger partial charge in [-0.3, -0.25) is 0 Å². The fourth-order valence-corrected chi connectivity index (χ4v) is 6.50. The minimum absolute atomic E-state index is 0.173. The van der Waals surface area contributed by atoms with Crippen LogP contribution in [0.15, 0.2) is 18.2 Å². The molecule has 0 aliphatic carbocycles. The summed E-state index contributed by atoms with van der Waals surface area (Å²) in [4.78, 5) is 0. The van der Waals surface area contributed by atoms with Crippen molar-refractivity contribution >= 4 is 18.0 Å². The molecule has 0 bridgehead atoms. The Labute approximate surface area is 137 Å². The summed E-state index contributed by atoms with van der Waals surface area (Å²) in [5, 5.41) is 4.88. The lowest BCUT2D eigenvalue weighted by Crippen LogP contribution is -1.91. The molecule has 0 fully saturated rings. The highest BCUT2D eigenvalue weighted by atomic mass is 31.1. The second-order valence-electron chi connectivity index (χ2n) is 6.48. The van der Waals surface area contributed by atoms with Crippen LogP contribution in [0.4, 0.5) is 0 Å². The Hall–Kier alpha value is -0.940. The number of methoxy groups -OCH3 is 1. The molecular formula is C20H31OP. The van der Waals surface area contributed by atoms with Gasteiger partial charge < -0.3 is 4.74 Å². The lowest BCUT2D eigenvalue weighted by atomic mass is 10.0. The fourth-order valence-electron chi connectivity index (χ4n) is 3.38. The summed E-state index contributed by atoms with van der Waals surface area (Å²) in [5.74, 6) is 1.01. The second-order valence-corrected chi connectivity index (χ2v) is 9.27. The molecule has 0 aliphatic heterocycles. The van der Waals surface area contributed by atoms with Crippen LogP contribution in [-0.2, 0) is 12.8 Å². The molecule has 0 saturated carbocycles. The van der Waals surface area contributed by atoms with Crippen molar-refractivity contribution in [1.29, 1.82) is 0 Å². The van der Waals surface area contributed by atoms with Crippen molar-refractivity contribution in [1.82, 2.24) is 0 Å². The van der Waals surface area contributed by atoms with Crippen LogP contribution in [0, 0.1) is 0 Å². The first-order valence-electron chi connectivity index (χ1n) is 8.83. The van der Waals surface area contributed by atoms with Gasteiger partial charge in [0.25, 0.3) is 0 Å². The number of aryl methyl sites for hydroxylation is 1. The SMILES string of the molecule is CCCCc1c(CCCC)p(C(C)C)c2cc(OC)ccc12.